The van der Waals surface area contributed by atoms with Gasteiger partial charge in [-0.1, -0.05) is 243 Å². The van der Waals surface area contributed by atoms with E-state index in [2.05, 4.69) is 186 Å². The zero-order chi connectivity index (χ0) is 53.2. The molecule has 4 heterocycles. The van der Waals surface area contributed by atoms with Crippen LogP contribution in [0.1, 0.15) is 0 Å². The van der Waals surface area contributed by atoms with Crippen LogP contribution in [0.25, 0.3) is 102 Å². The van der Waals surface area contributed by atoms with E-state index in [-0.39, 0.29) is 0 Å². The molecular weight excluding hydrogens is 979 g/mol. The lowest BCUT2D eigenvalue weighted by Crippen LogP contribution is -2.26. The molecule has 0 bridgehead atoms. The zero-order valence-corrected chi connectivity index (χ0v) is 43.2. The summed E-state index contributed by atoms with van der Waals surface area (Å²) in [5, 5.41) is 0. The molecule has 80 heavy (non-hydrogen) atoms. The predicted molar refractivity (Wildman–Crippen MR) is 323 cm³/mol. The van der Waals surface area contributed by atoms with Crippen molar-refractivity contribution in [2.75, 3.05) is 9.80 Å². The standard InChI is InChI=1S/C71H47N9/c1-8-26-48(27-9-1)56-46-57(49-28-10-2-11-29-49)74-70(73-56)66-64(45-44-55(65(66)51-32-14-4-15-33-51)59-47-58(50-30-12-3-13-31-50)72-67(75-59)52-34-16-5-17-35-52)79-60-40-22-24-42-62(60)80(63-43-25-23-41-61(63)79)71-77-68(53-36-18-6-19-37-53)76-69(78-71)54-38-20-7-21-39-54/h1-47H. The first-order valence-electron chi connectivity index (χ1n) is 26.6. The van der Waals surface area contributed by atoms with Crippen LogP contribution in [0.3, 0.4) is 0 Å². The molecule has 9 nitrogen and oxygen atoms in total. The van der Waals surface area contributed by atoms with E-state index in [1.54, 1.807) is 0 Å². The van der Waals surface area contributed by atoms with Crippen molar-refractivity contribution in [3.8, 4) is 102 Å². The Morgan fingerprint density at radius 3 is 0.925 bits per heavy atom. The molecule has 0 spiro atoms. The van der Waals surface area contributed by atoms with Crippen LogP contribution in [-0.4, -0.2) is 34.9 Å². The average Bonchev–Trinajstić information content (AvgIpc) is 3.66. The molecule has 0 unspecified atom stereocenters. The molecule has 0 radical (unpaired) electrons. The van der Waals surface area contributed by atoms with Gasteiger partial charge in [-0.25, -0.2) is 24.9 Å². The van der Waals surface area contributed by atoms with Crippen molar-refractivity contribution in [2.24, 2.45) is 0 Å². The Balaban J connectivity index is 1.07. The van der Waals surface area contributed by atoms with Gasteiger partial charge in [0.15, 0.2) is 23.3 Å². The predicted octanol–water partition coefficient (Wildman–Crippen LogP) is 17.7. The molecule has 1 aliphatic heterocycles. The van der Waals surface area contributed by atoms with E-state index >= 15 is 0 Å². The summed E-state index contributed by atoms with van der Waals surface area (Å²) in [5.41, 5.74) is 16.6. The SMILES string of the molecule is c1ccc(-c2cc(-c3ccc(N4c5ccccc5N(c5nc(-c6ccccc6)nc(-c6ccccc6)n5)c5ccccc54)c(-c4nc(-c5ccccc5)cc(-c5ccccc5)n4)c3-c3ccccc3)nc(-c3ccccc3)n2)cc1. The molecule has 9 heteroatoms. The lowest BCUT2D eigenvalue weighted by atomic mass is 9.89. The Morgan fingerprint density at radius 2 is 0.512 bits per heavy atom. The molecule has 0 fully saturated rings. The first kappa shape index (κ1) is 47.4. The third kappa shape index (κ3) is 9.00. The number of para-hydroxylation sites is 4. The summed E-state index contributed by atoms with van der Waals surface area (Å²) in [7, 11) is 0. The Hall–Kier alpha value is -11.0. The first-order chi connectivity index (χ1) is 39.7. The molecule has 10 aromatic carbocycles. The Morgan fingerprint density at radius 1 is 0.200 bits per heavy atom. The van der Waals surface area contributed by atoms with Gasteiger partial charge in [0.2, 0.25) is 5.95 Å². The quantitative estimate of drug-likeness (QED) is 0.125. The van der Waals surface area contributed by atoms with Crippen molar-refractivity contribution < 1.29 is 0 Å². The van der Waals surface area contributed by atoms with Crippen LogP contribution in [0, 0.1) is 0 Å². The molecule has 0 saturated carbocycles. The van der Waals surface area contributed by atoms with Crippen molar-refractivity contribution in [1.29, 1.82) is 0 Å². The van der Waals surface area contributed by atoms with Crippen molar-refractivity contribution in [2.45, 2.75) is 0 Å². The van der Waals surface area contributed by atoms with Gasteiger partial charge in [-0.2, -0.15) is 9.97 Å². The zero-order valence-electron chi connectivity index (χ0n) is 43.2. The minimum atomic E-state index is 0.483. The average molecular weight is 1030 g/mol. The number of benzene rings is 10. The van der Waals surface area contributed by atoms with Gasteiger partial charge in [0.1, 0.15) is 0 Å². The lowest BCUT2D eigenvalue weighted by molar-refractivity contribution is 1.01. The van der Waals surface area contributed by atoms with Crippen LogP contribution < -0.4 is 9.80 Å². The lowest BCUT2D eigenvalue weighted by Gasteiger charge is -2.40. The molecule has 3 aromatic heterocycles. The van der Waals surface area contributed by atoms with Crippen molar-refractivity contribution >= 4 is 34.4 Å². The van der Waals surface area contributed by atoms with Crippen LogP contribution in [0.4, 0.5) is 34.4 Å². The maximum absolute atomic E-state index is 5.65. The van der Waals surface area contributed by atoms with E-state index in [0.29, 0.717) is 29.2 Å². The summed E-state index contributed by atoms with van der Waals surface area (Å²) in [6.07, 6.45) is 0. The summed E-state index contributed by atoms with van der Waals surface area (Å²) >= 11 is 0. The van der Waals surface area contributed by atoms with Gasteiger partial charge in [0.05, 0.1) is 56.8 Å². The molecule has 0 saturated heterocycles. The number of anilines is 6. The molecule has 0 atom stereocenters. The van der Waals surface area contributed by atoms with Crippen molar-refractivity contribution in [3.63, 3.8) is 0 Å². The first-order valence-corrected chi connectivity index (χ1v) is 26.6. The summed E-state index contributed by atoms with van der Waals surface area (Å²) < 4.78 is 0. The van der Waals surface area contributed by atoms with Gasteiger partial charge < -0.3 is 4.90 Å². The number of hydrogen-bond donors (Lipinski definition) is 0. The highest BCUT2D eigenvalue weighted by atomic mass is 15.3. The summed E-state index contributed by atoms with van der Waals surface area (Å²) in [5.74, 6) is 2.77. The van der Waals surface area contributed by atoms with E-state index in [0.717, 1.165) is 107 Å². The molecule has 1 aliphatic rings. The number of aromatic nitrogens is 7. The maximum Gasteiger partial charge on any atom is 0.238 e. The second kappa shape index (κ2) is 20.8. The minimum absolute atomic E-state index is 0.483. The van der Waals surface area contributed by atoms with Gasteiger partial charge in [0.25, 0.3) is 0 Å². The summed E-state index contributed by atoms with van der Waals surface area (Å²) in [6.45, 7) is 0. The fourth-order valence-electron chi connectivity index (χ4n) is 10.6. The smallest absolute Gasteiger partial charge is 0.238 e. The van der Waals surface area contributed by atoms with Gasteiger partial charge in [-0.15, -0.1) is 0 Å². The molecule has 376 valence electrons. The number of nitrogens with zero attached hydrogens (tertiary/aromatic N) is 9. The van der Waals surface area contributed by atoms with Crippen LogP contribution in [0.5, 0.6) is 0 Å². The van der Waals surface area contributed by atoms with E-state index < -0.39 is 0 Å². The highest BCUT2D eigenvalue weighted by Gasteiger charge is 2.35. The van der Waals surface area contributed by atoms with Gasteiger partial charge >= 0.3 is 0 Å². The summed E-state index contributed by atoms with van der Waals surface area (Å²) in [6, 6.07) is 97.4. The van der Waals surface area contributed by atoms with Gasteiger partial charge in [-0.05, 0) is 48.0 Å². The Labute approximate surface area is 463 Å². The number of fused-ring (bicyclic) bond motifs is 2. The highest BCUT2D eigenvalue weighted by Crippen LogP contribution is 2.57. The van der Waals surface area contributed by atoms with Crippen molar-refractivity contribution in [1.82, 2.24) is 34.9 Å². The van der Waals surface area contributed by atoms with Crippen LogP contribution in [0.2, 0.25) is 0 Å². The van der Waals surface area contributed by atoms with Crippen LogP contribution >= 0.6 is 0 Å². The monoisotopic (exact) mass is 1030 g/mol. The van der Waals surface area contributed by atoms with Crippen molar-refractivity contribution in [3.05, 3.63) is 285 Å². The van der Waals surface area contributed by atoms with E-state index in [1.165, 1.54) is 0 Å². The van der Waals surface area contributed by atoms with Crippen LogP contribution in [-0.2, 0) is 0 Å². The minimum Gasteiger partial charge on any atom is -0.306 e. The van der Waals surface area contributed by atoms with E-state index in [4.69, 9.17) is 34.9 Å². The third-order valence-corrected chi connectivity index (χ3v) is 14.3. The largest absolute Gasteiger partial charge is 0.306 e. The normalized spacial score (nSPS) is 11.7. The summed E-state index contributed by atoms with van der Waals surface area (Å²) in [4.78, 5) is 42.2. The molecule has 0 N–H and O–H groups in total. The Bertz CT molecular complexity index is 4120. The fraction of sp³-hybridized carbons (Fsp3) is 0. The van der Waals surface area contributed by atoms with Gasteiger partial charge in [-0.3, -0.25) is 4.90 Å². The third-order valence-electron chi connectivity index (χ3n) is 14.3. The number of rotatable bonds is 11. The molecular formula is C71H47N9. The van der Waals surface area contributed by atoms with E-state index in [1.807, 2.05) is 109 Å². The topological polar surface area (TPSA) is 96.7 Å². The Kier molecular flexibility index (Phi) is 12.3. The molecule has 0 aliphatic carbocycles. The van der Waals surface area contributed by atoms with Crippen LogP contribution in [0.15, 0.2) is 285 Å². The van der Waals surface area contributed by atoms with E-state index in [9.17, 15) is 0 Å². The highest BCUT2D eigenvalue weighted by molar-refractivity contribution is 6.07. The maximum atomic E-state index is 5.65. The molecule has 13 aromatic rings. The second-order valence-corrected chi connectivity index (χ2v) is 19.3. The molecule has 0 amide bonds. The second-order valence-electron chi connectivity index (χ2n) is 19.3. The number of hydrogen-bond acceptors (Lipinski definition) is 9. The fourth-order valence-corrected chi connectivity index (χ4v) is 10.6. The molecule has 14 rings (SSSR count). The van der Waals surface area contributed by atoms with Gasteiger partial charge in [0, 0.05) is 44.5 Å².